The average molecular weight is 431 g/mol. The summed E-state index contributed by atoms with van der Waals surface area (Å²) in [5, 5.41) is 6.32. The summed E-state index contributed by atoms with van der Waals surface area (Å²) >= 11 is 3.20. The van der Waals surface area contributed by atoms with Gasteiger partial charge in [-0.3, -0.25) is 4.79 Å². The van der Waals surface area contributed by atoms with E-state index in [-0.39, 0.29) is 16.8 Å². The van der Waals surface area contributed by atoms with Gasteiger partial charge in [-0.15, -0.1) is 22.7 Å². The molecule has 0 radical (unpaired) electrons. The second kappa shape index (κ2) is 6.97. The van der Waals surface area contributed by atoms with E-state index in [0.29, 0.717) is 4.88 Å². The largest absolute Gasteiger partial charge is 0.334 e. The van der Waals surface area contributed by atoms with Crippen molar-refractivity contribution in [3.8, 4) is 0 Å². The van der Waals surface area contributed by atoms with Crippen molar-refractivity contribution < 1.29 is 13.2 Å². The number of fused-ring (bicyclic) bond motifs is 3. The minimum atomic E-state index is -3.73. The Kier molecular flexibility index (Phi) is 4.75. The van der Waals surface area contributed by atoms with Gasteiger partial charge in [-0.1, -0.05) is 30.3 Å². The number of carbonyl (C=O) groups excluding carboxylic acids is 1. The van der Waals surface area contributed by atoms with Crippen LogP contribution in [0.25, 0.3) is 19.5 Å². The number of nitrogens with two attached hydrogens (primary N) is 1. The minimum absolute atomic E-state index is 0.0551. The second-order valence-electron chi connectivity index (χ2n) is 6.61. The first kappa shape index (κ1) is 19.1. The number of primary sulfonamides is 1. The molecule has 2 aromatic heterocycles. The van der Waals surface area contributed by atoms with Gasteiger partial charge in [0, 0.05) is 21.8 Å². The Bertz CT molecular complexity index is 1290. The normalized spacial score (nSPS) is 13.1. The van der Waals surface area contributed by atoms with Crippen LogP contribution in [0.4, 0.5) is 0 Å². The van der Waals surface area contributed by atoms with E-state index < -0.39 is 10.0 Å². The maximum atomic E-state index is 13.0. The number of thiophene rings is 2. The van der Waals surface area contributed by atoms with Gasteiger partial charge in [-0.25, -0.2) is 13.6 Å². The third-order valence-corrected chi connectivity index (χ3v) is 8.19. The lowest BCUT2D eigenvalue weighted by atomic mass is 10.1. The summed E-state index contributed by atoms with van der Waals surface area (Å²) in [7, 11) is -1.97. The molecule has 4 rings (SSSR count). The van der Waals surface area contributed by atoms with Gasteiger partial charge < -0.3 is 4.90 Å². The van der Waals surface area contributed by atoms with Gasteiger partial charge in [0.25, 0.3) is 5.91 Å². The summed E-state index contributed by atoms with van der Waals surface area (Å²) in [5.74, 6) is -0.0551. The number of rotatable bonds is 4. The van der Waals surface area contributed by atoms with Gasteiger partial charge in [-0.2, -0.15) is 0 Å². The lowest BCUT2D eigenvalue weighted by molar-refractivity contribution is 0.0747. The minimum Gasteiger partial charge on any atom is -0.334 e. The van der Waals surface area contributed by atoms with Gasteiger partial charge in [0.2, 0.25) is 10.0 Å². The number of benzene rings is 2. The van der Waals surface area contributed by atoms with E-state index >= 15 is 0 Å². The summed E-state index contributed by atoms with van der Waals surface area (Å²) in [5.41, 5.74) is 0.840. The van der Waals surface area contributed by atoms with E-state index in [1.165, 1.54) is 33.6 Å². The third-order valence-electron chi connectivity index (χ3n) is 4.85. The van der Waals surface area contributed by atoms with Crippen LogP contribution < -0.4 is 5.14 Å². The summed E-state index contributed by atoms with van der Waals surface area (Å²) in [6.45, 7) is 1.91. The fraction of sp³-hybridized carbons (Fsp3) is 0.150. The number of sulfonamides is 1. The maximum Gasteiger partial charge on any atom is 0.264 e. The molecule has 1 amide bonds. The van der Waals surface area contributed by atoms with Crippen LogP contribution in [-0.4, -0.2) is 26.3 Å². The van der Waals surface area contributed by atoms with E-state index in [9.17, 15) is 13.2 Å². The summed E-state index contributed by atoms with van der Waals surface area (Å²) in [6.07, 6.45) is 0. The molecule has 0 saturated carbocycles. The van der Waals surface area contributed by atoms with Crippen molar-refractivity contribution >= 4 is 58.1 Å². The first-order valence-electron chi connectivity index (χ1n) is 8.56. The smallest absolute Gasteiger partial charge is 0.264 e. The molecule has 0 aliphatic heterocycles. The summed E-state index contributed by atoms with van der Waals surface area (Å²) in [6, 6.07) is 16.3. The van der Waals surface area contributed by atoms with Crippen LogP contribution in [0, 0.1) is 0 Å². The molecule has 1 unspecified atom stereocenters. The number of hydrogen-bond acceptors (Lipinski definition) is 5. The van der Waals surface area contributed by atoms with Gasteiger partial charge in [0.15, 0.2) is 0 Å². The Labute approximate surface area is 171 Å². The summed E-state index contributed by atoms with van der Waals surface area (Å²) in [4.78, 5) is 15.4. The summed E-state index contributed by atoms with van der Waals surface area (Å²) < 4.78 is 26.3. The topological polar surface area (TPSA) is 80.5 Å². The number of nitrogens with zero attached hydrogens (tertiary/aromatic N) is 1. The highest BCUT2D eigenvalue weighted by Gasteiger charge is 2.22. The first-order chi connectivity index (χ1) is 13.3. The van der Waals surface area contributed by atoms with Crippen LogP contribution >= 0.6 is 22.7 Å². The van der Waals surface area contributed by atoms with Crippen molar-refractivity contribution in [1.29, 1.82) is 0 Å². The van der Waals surface area contributed by atoms with Crippen molar-refractivity contribution in [2.45, 2.75) is 17.9 Å². The highest BCUT2D eigenvalue weighted by atomic mass is 32.2. The van der Waals surface area contributed by atoms with Crippen LogP contribution in [0.3, 0.4) is 0 Å². The van der Waals surface area contributed by atoms with Gasteiger partial charge in [0.05, 0.1) is 20.5 Å². The van der Waals surface area contributed by atoms with Gasteiger partial charge in [0.1, 0.15) is 0 Å². The van der Waals surface area contributed by atoms with Crippen molar-refractivity contribution in [2.75, 3.05) is 7.05 Å². The number of hydrogen-bond donors (Lipinski definition) is 1. The van der Waals surface area contributed by atoms with Gasteiger partial charge in [-0.05, 0) is 36.8 Å². The fourth-order valence-electron chi connectivity index (χ4n) is 3.11. The average Bonchev–Trinajstić information content (AvgIpc) is 3.23. The van der Waals surface area contributed by atoms with E-state index in [1.807, 2.05) is 25.1 Å². The Balaban J connectivity index is 1.61. The zero-order valence-corrected chi connectivity index (χ0v) is 17.7. The molecule has 2 N–H and O–H groups in total. The fourth-order valence-corrected chi connectivity index (χ4v) is 6.14. The van der Waals surface area contributed by atoms with Crippen LogP contribution in [-0.2, 0) is 10.0 Å². The molecule has 0 aliphatic rings. The molecule has 0 bridgehead atoms. The van der Waals surface area contributed by atoms with E-state index in [0.717, 1.165) is 15.0 Å². The lowest BCUT2D eigenvalue weighted by Gasteiger charge is -2.25. The molecule has 0 aliphatic carbocycles. The van der Waals surface area contributed by atoms with Crippen molar-refractivity contribution in [2.24, 2.45) is 5.14 Å². The van der Waals surface area contributed by atoms with Gasteiger partial charge >= 0.3 is 0 Å². The van der Waals surface area contributed by atoms with Crippen LogP contribution in [0.2, 0.25) is 0 Å². The van der Waals surface area contributed by atoms with Crippen LogP contribution in [0.1, 0.15) is 28.2 Å². The van der Waals surface area contributed by atoms with Crippen LogP contribution in [0.5, 0.6) is 0 Å². The zero-order chi connectivity index (χ0) is 20.1. The SMILES string of the molecule is CC(c1ccc(S(N)(=O)=O)cc1)N(C)C(=O)c1cc2sc3ccccc3c2s1. The number of amides is 1. The quantitative estimate of drug-likeness (QED) is 0.514. The molecule has 1 atom stereocenters. The lowest BCUT2D eigenvalue weighted by Crippen LogP contribution is -2.29. The molecule has 2 heterocycles. The predicted octanol–water partition coefficient (Wildman–Crippen LogP) is 4.60. The maximum absolute atomic E-state index is 13.0. The van der Waals surface area contributed by atoms with Crippen LogP contribution in [0.15, 0.2) is 59.5 Å². The zero-order valence-electron chi connectivity index (χ0n) is 15.2. The van der Waals surface area contributed by atoms with Crippen molar-refractivity contribution in [3.63, 3.8) is 0 Å². The Morgan fingerprint density at radius 2 is 1.71 bits per heavy atom. The highest BCUT2D eigenvalue weighted by molar-refractivity contribution is 7.89. The highest BCUT2D eigenvalue weighted by Crippen LogP contribution is 2.40. The molecule has 8 heteroatoms. The Morgan fingerprint density at radius 1 is 1.04 bits per heavy atom. The van der Waals surface area contributed by atoms with E-state index in [1.54, 1.807) is 35.4 Å². The second-order valence-corrected chi connectivity index (χ2v) is 10.3. The first-order valence-corrected chi connectivity index (χ1v) is 11.7. The molecule has 4 aromatic rings. The van der Waals surface area contributed by atoms with E-state index in [4.69, 9.17) is 5.14 Å². The van der Waals surface area contributed by atoms with Crippen molar-refractivity contribution in [1.82, 2.24) is 4.90 Å². The molecule has 0 spiro atoms. The molecule has 144 valence electrons. The predicted molar refractivity (Wildman–Crippen MR) is 116 cm³/mol. The molecule has 5 nitrogen and oxygen atoms in total. The molecule has 28 heavy (non-hydrogen) atoms. The monoisotopic (exact) mass is 430 g/mol. The Morgan fingerprint density at radius 3 is 2.39 bits per heavy atom. The number of carbonyl (C=O) groups is 1. The third kappa shape index (κ3) is 3.33. The molecular formula is C20H18N2O3S3. The standard InChI is InChI=1S/C20H18N2O3S3/c1-12(13-7-9-14(10-8-13)28(21,24)25)22(2)20(23)18-11-17-19(27-18)15-5-3-4-6-16(15)26-17/h3-12H,1-2H3,(H2,21,24,25). The Hall–Kier alpha value is -2.26. The molecule has 0 fully saturated rings. The van der Waals surface area contributed by atoms with Crippen molar-refractivity contribution in [3.05, 3.63) is 65.0 Å². The molecule has 2 aromatic carbocycles. The van der Waals surface area contributed by atoms with E-state index in [2.05, 4.69) is 12.1 Å². The molecule has 0 saturated heterocycles. The molecular weight excluding hydrogens is 412 g/mol.